The zero-order chi connectivity index (χ0) is 9.90. The smallest absolute Gasteiger partial charge is 0.245 e. The van der Waals surface area contributed by atoms with Gasteiger partial charge >= 0.3 is 0 Å². The molecule has 78 valence electrons. The standard InChI is InChI=1S/C9H16F2OS/c1-9(10,11)4-8-6-13-3-2-7(8)5-12/h7-8,12H,2-6H2,1H3. The van der Waals surface area contributed by atoms with E-state index in [1.807, 2.05) is 0 Å². The summed E-state index contributed by atoms with van der Waals surface area (Å²) in [6, 6.07) is 0. The summed E-state index contributed by atoms with van der Waals surface area (Å²) in [4.78, 5) is 0. The van der Waals surface area contributed by atoms with Crippen LogP contribution in [0.1, 0.15) is 19.8 Å². The van der Waals surface area contributed by atoms with Crippen molar-refractivity contribution in [2.45, 2.75) is 25.7 Å². The Hall–Kier alpha value is 0.170. The Labute approximate surface area is 81.9 Å². The Morgan fingerprint density at radius 3 is 2.69 bits per heavy atom. The summed E-state index contributed by atoms with van der Waals surface area (Å²) in [5.74, 6) is -0.738. The van der Waals surface area contributed by atoms with E-state index < -0.39 is 5.92 Å². The molecule has 1 aliphatic heterocycles. The summed E-state index contributed by atoms with van der Waals surface area (Å²) in [7, 11) is 0. The molecule has 0 amide bonds. The fourth-order valence-corrected chi connectivity index (χ4v) is 3.10. The van der Waals surface area contributed by atoms with Gasteiger partial charge < -0.3 is 5.11 Å². The van der Waals surface area contributed by atoms with Crippen LogP contribution in [0, 0.1) is 11.8 Å². The zero-order valence-corrected chi connectivity index (χ0v) is 8.62. The minimum atomic E-state index is -2.59. The first-order valence-corrected chi connectivity index (χ1v) is 5.75. The summed E-state index contributed by atoms with van der Waals surface area (Å²) in [5.41, 5.74) is 0. The van der Waals surface area contributed by atoms with E-state index in [9.17, 15) is 8.78 Å². The largest absolute Gasteiger partial charge is 0.396 e. The molecule has 1 fully saturated rings. The first-order chi connectivity index (χ1) is 6.03. The van der Waals surface area contributed by atoms with E-state index in [2.05, 4.69) is 0 Å². The maximum absolute atomic E-state index is 12.7. The van der Waals surface area contributed by atoms with Crippen molar-refractivity contribution in [1.29, 1.82) is 0 Å². The van der Waals surface area contributed by atoms with Gasteiger partial charge in [-0.25, -0.2) is 8.78 Å². The Bertz CT molecular complexity index is 158. The van der Waals surface area contributed by atoms with Gasteiger partial charge in [-0.1, -0.05) is 0 Å². The van der Waals surface area contributed by atoms with Gasteiger partial charge in [-0.05, 0) is 36.7 Å². The second kappa shape index (κ2) is 4.60. The molecule has 2 unspecified atom stereocenters. The Balaban J connectivity index is 2.45. The molecule has 0 radical (unpaired) electrons. The van der Waals surface area contributed by atoms with Crippen LogP contribution < -0.4 is 0 Å². The summed E-state index contributed by atoms with van der Waals surface area (Å²) < 4.78 is 25.5. The number of aliphatic hydroxyl groups excluding tert-OH is 1. The number of hydrogen-bond acceptors (Lipinski definition) is 2. The lowest BCUT2D eigenvalue weighted by Gasteiger charge is -2.31. The molecule has 0 bridgehead atoms. The molecule has 0 aromatic rings. The molecule has 1 rings (SSSR count). The van der Waals surface area contributed by atoms with E-state index >= 15 is 0 Å². The SMILES string of the molecule is CC(F)(F)CC1CSCCC1CO. The van der Waals surface area contributed by atoms with Crippen LogP contribution in [0.5, 0.6) is 0 Å². The topological polar surface area (TPSA) is 20.2 Å². The molecule has 1 N–H and O–H groups in total. The van der Waals surface area contributed by atoms with Crippen LogP contribution in [-0.2, 0) is 0 Å². The van der Waals surface area contributed by atoms with Gasteiger partial charge in [-0.2, -0.15) is 11.8 Å². The minimum Gasteiger partial charge on any atom is -0.396 e. The molecule has 4 heteroatoms. The number of alkyl halides is 2. The maximum Gasteiger partial charge on any atom is 0.245 e. The second-order valence-electron chi connectivity index (χ2n) is 3.84. The Morgan fingerprint density at radius 2 is 2.15 bits per heavy atom. The minimum absolute atomic E-state index is 0.0104. The van der Waals surface area contributed by atoms with Crippen molar-refractivity contribution in [2.24, 2.45) is 11.8 Å². The summed E-state index contributed by atoms with van der Waals surface area (Å²) in [6.45, 7) is 1.02. The second-order valence-corrected chi connectivity index (χ2v) is 4.99. The van der Waals surface area contributed by atoms with Crippen molar-refractivity contribution in [3.63, 3.8) is 0 Å². The average Bonchev–Trinajstić information content (AvgIpc) is 2.02. The number of rotatable bonds is 3. The quantitative estimate of drug-likeness (QED) is 0.772. The van der Waals surface area contributed by atoms with E-state index in [0.29, 0.717) is 0 Å². The van der Waals surface area contributed by atoms with Crippen molar-refractivity contribution < 1.29 is 13.9 Å². The summed E-state index contributed by atoms with van der Waals surface area (Å²) in [6.07, 6.45) is 0.799. The molecule has 1 heterocycles. The number of aliphatic hydroxyl groups is 1. The molecular weight excluding hydrogens is 194 g/mol. The van der Waals surface area contributed by atoms with Gasteiger partial charge in [0.1, 0.15) is 0 Å². The molecule has 13 heavy (non-hydrogen) atoms. The van der Waals surface area contributed by atoms with Crippen molar-refractivity contribution in [2.75, 3.05) is 18.1 Å². The molecule has 0 saturated carbocycles. The monoisotopic (exact) mass is 210 g/mol. The van der Waals surface area contributed by atoms with E-state index in [1.165, 1.54) is 0 Å². The lowest BCUT2D eigenvalue weighted by molar-refractivity contribution is -0.0137. The molecular formula is C9H16F2OS. The highest BCUT2D eigenvalue weighted by atomic mass is 32.2. The summed E-state index contributed by atoms with van der Waals surface area (Å²) in [5, 5.41) is 9.00. The molecule has 0 spiro atoms. The molecule has 0 aromatic heterocycles. The third-order valence-corrected chi connectivity index (χ3v) is 3.67. The summed E-state index contributed by atoms with van der Waals surface area (Å²) >= 11 is 1.72. The van der Waals surface area contributed by atoms with Crippen LogP contribution in [0.3, 0.4) is 0 Å². The van der Waals surface area contributed by atoms with Crippen LogP contribution in [0.4, 0.5) is 8.78 Å². The van der Waals surface area contributed by atoms with E-state index in [4.69, 9.17) is 5.11 Å². The molecule has 1 saturated heterocycles. The number of halogens is 2. The van der Waals surface area contributed by atoms with Crippen molar-refractivity contribution in [1.82, 2.24) is 0 Å². The fraction of sp³-hybridized carbons (Fsp3) is 1.00. The van der Waals surface area contributed by atoms with Crippen LogP contribution in [0.2, 0.25) is 0 Å². The maximum atomic E-state index is 12.7. The van der Waals surface area contributed by atoms with Crippen molar-refractivity contribution in [3.05, 3.63) is 0 Å². The first kappa shape index (κ1) is 11.2. The average molecular weight is 210 g/mol. The zero-order valence-electron chi connectivity index (χ0n) is 7.80. The predicted molar refractivity (Wildman–Crippen MR) is 51.2 cm³/mol. The Kier molecular flexibility index (Phi) is 3.98. The van der Waals surface area contributed by atoms with Gasteiger partial charge in [0, 0.05) is 13.0 Å². The van der Waals surface area contributed by atoms with Crippen LogP contribution in [0.25, 0.3) is 0 Å². The first-order valence-electron chi connectivity index (χ1n) is 4.59. The van der Waals surface area contributed by atoms with Gasteiger partial charge in [-0.3, -0.25) is 0 Å². The van der Waals surface area contributed by atoms with Gasteiger partial charge in [0.2, 0.25) is 5.92 Å². The Morgan fingerprint density at radius 1 is 1.46 bits per heavy atom. The van der Waals surface area contributed by atoms with Crippen molar-refractivity contribution in [3.8, 4) is 0 Å². The number of hydrogen-bond donors (Lipinski definition) is 1. The van der Waals surface area contributed by atoms with Crippen molar-refractivity contribution >= 4 is 11.8 Å². The van der Waals surface area contributed by atoms with Crippen LogP contribution >= 0.6 is 11.8 Å². The van der Waals surface area contributed by atoms with Gasteiger partial charge in [0.15, 0.2) is 0 Å². The molecule has 2 atom stereocenters. The third kappa shape index (κ3) is 3.81. The lowest BCUT2D eigenvalue weighted by atomic mass is 9.87. The fourth-order valence-electron chi connectivity index (χ4n) is 1.77. The molecule has 0 aromatic carbocycles. The van der Waals surface area contributed by atoms with E-state index in [-0.39, 0.29) is 24.9 Å². The van der Waals surface area contributed by atoms with Gasteiger partial charge in [-0.15, -0.1) is 0 Å². The highest BCUT2D eigenvalue weighted by Gasteiger charge is 2.33. The highest BCUT2D eigenvalue weighted by molar-refractivity contribution is 7.99. The predicted octanol–water partition coefficient (Wildman–Crippen LogP) is 2.39. The molecule has 0 aliphatic carbocycles. The lowest BCUT2D eigenvalue weighted by Crippen LogP contribution is -2.30. The van der Waals surface area contributed by atoms with Crippen LogP contribution in [0.15, 0.2) is 0 Å². The van der Waals surface area contributed by atoms with E-state index in [1.54, 1.807) is 11.8 Å². The number of thioether (sulfide) groups is 1. The molecule has 1 aliphatic rings. The normalized spacial score (nSPS) is 30.5. The van der Waals surface area contributed by atoms with E-state index in [0.717, 1.165) is 24.9 Å². The van der Waals surface area contributed by atoms with Gasteiger partial charge in [0.05, 0.1) is 0 Å². The van der Waals surface area contributed by atoms with Crippen LogP contribution in [-0.4, -0.2) is 29.1 Å². The third-order valence-electron chi connectivity index (χ3n) is 2.49. The molecule has 1 nitrogen and oxygen atoms in total. The highest BCUT2D eigenvalue weighted by Crippen LogP contribution is 2.35. The van der Waals surface area contributed by atoms with Gasteiger partial charge in [0.25, 0.3) is 0 Å².